The topological polar surface area (TPSA) is 9.23 Å². The van der Waals surface area contributed by atoms with Gasteiger partial charge in [0.05, 0.1) is 11.2 Å². The van der Waals surface area contributed by atoms with Gasteiger partial charge in [-0.15, -0.1) is 0 Å². The number of hydrogen-bond donors (Lipinski definition) is 0. The lowest BCUT2D eigenvalue weighted by Gasteiger charge is -2.49. The van der Waals surface area contributed by atoms with Gasteiger partial charge in [0.2, 0.25) is 0 Å². The Balaban J connectivity index is 2.22. The fourth-order valence-electron chi connectivity index (χ4n) is 4.21. The number of halogens is 6. The third-order valence-corrected chi connectivity index (χ3v) is 5.81. The van der Waals surface area contributed by atoms with Gasteiger partial charge < -0.3 is 4.74 Å². The van der Waals surface area contributed by atoms with E-state index in [-0.39, 0.29) is 0 Å². The summed E-state index contributed by atoms with van der Waals surface area (Å²) in [4.78, 5) is 0. The van der Waals surface area contributed by atoms with Gasteiger partial charge in [-0.3, -0.25) is 0 Å². The Kier molecular flexibility index (Phi) is 7.45. The minimum Gasteiger partial charge on any atom is -0.368 e. The van der Waals surface area contributed by atoms with Crippen molar-refractivity contribution < 1.29 is 4.74 Å². The summed E-state index contributed by atoms with van der Waals surface area (Å²) in [6, 6.07) is 0. The second-order valence-electron chi connectivity index (χ2n) is 7.17. The number of ether oxygens (including phenoxy) is 1. The maximum Gasteiger partial charge on any atom is 0.193 e. The van der Waals surface area contributed by atoms with Crippen LogP contribution >= 0.6 is 69.6 Å². The Labute approximate surface area is 169 Å². The van der Waals surface area contributed by atoms with E-state index in [1.165, 1.54) is 12.8 Å². The van der Waals surface area contributed by atoms with E-state index in [0.717, 1.165) is 51.4 Å². The molecule has 2 rings (SSSR count). The third-order valence-electron chi connectivity index (χ3n) is 5.01. The highest BCUT2D eigenvalue weighted by Gasteiger charge is 2.49. The first kappa shape index (κ1) is 21.0. The molecule has 2 aliphatic rings. The summed E-state index contributed by atoms with van der Waals surface area (Å²) in [7, 11) is 0. The van der Waals surface area contributed by atoms with Crippen LogP contribution in [0.1, 0.15) is 77.0 Å². The SMILES string of the molecule is ClC(Cl)(Cl)CC1(OC2(CC(Cl)(Cl)Cl)CCCCC2)CCCCC1. The molecule has 2 aliphatic carbocycles. The molecule has 0 aromatic heterocycles. The predicted octanol–water partition coefficient (Wildman–Crippen LogP) is 7.93. The Morgan fingerprint density at radius 1 is 0.565 bits per heavy atom. The maximum atomic E-state index is 6.75. The third kappa shape index (κ3) is 7.08. The molecule has 0 bridgehead atoms. The van der Waals surface area contributed by atoms with Crippen LogP contribution in [0.15, 0.2) is 0 Å². The van der Waals surface area contributed by atoms with Gasteiger partial charge in [-0.05, 0) is 25.7 Å². The maximum absolute atomic E-state index is 6.75. The smallest absolute Gasteiger partial charge is 0.193 e. The molecule has 0 atom stereocenters. The van der Waals surface area contributed by atoms with Gasteiger partial charge in [0, 0.05) is 12.8 Å². The molecule has 0 aromatic rings. The van der Waals surface area contributed by atoms with Crippen molar-refractivity contribution in [2.45, 2.75) is 95.8 Å². The van der Waals surface area contributed by atoms with Crippen LogP contribution in [-0.2, 0) is 4.74 Å². The molecular formula is C16H24Cl6O. The van der Waals surface area contributed by atoms with Crippen LogP contribution in [0.3, 0.4) is 0 Å². The molecule has 0 aliphatic heterocycles. The molecule has 0 spiro atoms. The van der Waals surface area contributed by atoms with Gasteiger partial charge in [0.15, 0.2) is 7.59 Å². The second kappa shape index (κ2) is 8.15. The molecule has 2 fully saturated rings. The Morgan fingerprint density at radius 3 is 1.13 bits per heavy atom. The zero-order valence-corrected chi connectivity index (χ0v) is 17.7. The van der Waals surface area contributed by atoms with Crippen LogP contribution in [0, 0.1) is 0 Å². The lowest BCUT2D eigenvalue weighted by molar-refractivity contribution is -0.190. The molecule has 0 saturated heterocycles. The first-order chi connectivity index (χ1) is 10.5. The minimum atomic E-state index is -1.33. The highest BCUT2D eigenvalue weighted by Crippen LogP contribution is 2.51. The van der Waals surface area contributed by atoms with E-state index in [4.69, 9.17) is 74.3 Å². The number of rotatable bonds is 4. The van der Waals surface area contributed by atoms with Crippen molar-refractivity contribution in [1.29, 1.82) is 0 Å². The summed E-state index contributed by atoms with van der Waals surface area (Å²) in [6.45, 7) is 0. The molecule has 2 saturated carbocycles. The van der Waals surface area contributed by atoms with Crippen LogP contribution < -0.4 is 0 Å². The average Bonchev–Trinajstić information content (AvgIpc) is 2.35. The first-order valence-electron chi connectivity index (χ1n) is 8.37. The van der Waals surface area contributed by atoms with Crippen molar-refractivity contribution in [3.8, 4) is 0 Å². The molecule has 0 N–H and O–H groups in total. The molecule has 1 nitrogen and oxygen atoms in total. The van der Waals surface area contributed by atoms with E-state index < -0.39 is 18.8 Å². The first-order valence-corrected chi connectivity index (χ1v) is 10.6. The van der Waals surface area contributed by atoms with Crippen molar-refractivity contribution in [1.82, 2.24) is 0 Å². The van der Waals surface area contributed by atoms with Crippen molar-refractivity contribution in [3.05, 3.63) is 0 Å². The average molecular weight is 445 g/mol. The number of alkyl halides is 6. The lowest BCUT2D eigenvalue weighted by atomic mass is 9.78. The van der Waals surface area contributed by atoms with E-state index in [0.29, 0.717) is 12.8 Å². The van der Waals surface area contributed by atoms with Gasteiger partial charge in [-0.25, -0.2) is 0 Å². The largest absolute Gasteiger partial charge is 0.368 e. The predicted molar refractivity (Wildman–Crippen MR) is 103 cm³/mol. The van der Waals surface area contributed by atoms with Crippen molar-refractivity contribution in [2.24, 2.45) is 0 Å². The molecule has 0 unspecified atom stereocenters. The summed E-state index contributed by atoms with van der Waals surface area (Å²) in [6.07, 6.45) is 11.2. The molecule has 0 aromatic carbocycles. The van der Waals surface area contributed by atoms with Crippen molar-refractivity contribution in [2.75, 3.05) is 0 Å². The van der Waals surface area contributed by atoms with Crippen LogP contribution in [0.2, 0.25) is 0 Å². The number of hydrogen-bond acceptors (Lipinski definition) is 1. The molecule has 23 heavy (non-hydrogen) atoms. The van der Waals surface area contributed by atoms with Gasteiger partial charge >= 0.3 is 0 Å². The van der Waals surface area contributed by atoms with Gasteiger partial charge in [-0.2, -0.15) is 0 Å². The van der Waals surface area contributed by atoms with E-state index in [9.17, 15) is 0 Å². The molecule has 0 radical (unpaired) electrons. The fraction of sp³-hybridized carbons (Fsp3) is 1.00. The quantitative estimate of drug-likeness (QED) is 0.400. The summed E-state index contributed by atoms with van der Waals surface area (Å²) >= 11 is 36.7. The second-order valence-corrected chi connectivity index (χ2v) is 12.2. The minimum absolute atomic E-state index is 0.395. The molecule has 136 valence electrons. The monoisotopic (exact) mass is 442 g/mol. The molecule has 0 heterocycles. The summed E-state index contributed by atoms with van der Waals surface area (Å²) in [5.74, 6) is 0. The Morgan fingerprint density at radius 2 is 0.870 bits per heavy atom. The van der Waals surface area contributed by atoms with Gasteiger partial charge in [0.1, 0.15) is 0 Å². The molecular weight excluding hydrogens is 421 g/mol. The van der Waals surface area contributed by atoms with E-state index in [2.05, 4.69) is 0 Å². The normalized spacial score (nSPS) is 25.3. The van der Waals surface area contributed by atoms with Gasteiger partial charge in [-0.1, -0.05) is 108 Å². The highest BCUT2D eigenvalue weighted by molar-refractivity contribution is 6.68. The zero-order valence-electron chi connectivity index (χ0n) is 13.2. The Bertz CT molecular complexity index is 339. The summed E-state index contributed by atoms with van der Waals surface area (Å²) < 4.78 is 4.10. The summed E-state index contributed by atoms with van der Waals surface area (Å²) in [5, 5.41) is 0. The molecule has 0 amide bonds. The van der Waals surface area contributed by atoms with E-state index >= 15 is 0 Å². The summed E-state index contributed by atoms with van der Waals surface area (Å²) in [5.41, 5.74) is -0.840. The van der Waals surface area contributed by atoms with Crippen molar-refractivity contribution >= 4 is 69.6 Å². The van der Waals surface area contributed by atoms with E-state index in [1.807, 2.05) is 0 Å². The highest BCUT2D eigenvalue weighted by atomic mass is 35.6. The van der Waals surface area contributed by atoms with Crippen molar-refractivity contribution in [3.63, 3.8) is 0 Å². The van der Waals surface area contributed by atoms with Crippen LogP contribution in [0.4, 0.5) is 0 Å². The van der Waals surface area contributed by atoms with Crippen LogP contribution in [0.5, 0.6) is 0 Å². The standard InChI is InChI=1S/C16H24Cl6O/c17-15(18,19)11-13(7-3-1-4-8-13)23-14(12-16(20,21)22)9-5-2-6-10-14/h1-12H2. The van der Waals surface area contributed by atoms with E-state index in [1.54, 1.807) is 0 Å². The van der Waals surface area contributed by atoms with Gasteiger partial charge in [0.25, 0.3) is 0 Å². The van der Waals surface area contributed by atoms with Crippen LogP contribution in [0.25, 0.3) is 0 Å². The fourth-order valence-corrected chi connectivity index (χ4v) is 5.67. The Hall–Kier alpha value is 1.70. The molecule has 7 heteroatoms. The van der Waals surface area contributed by atoms with Crippen LogP contribution in [-0.4, -0.2) is 18.8 Å². The lowest BCUT2D eigenvalue weighted by Crippen LogP contribution is -2.50. The zero-order chi connectivity index (χ0) is 17.2.